The smallest absolute Gasteiger partial charge is 0.239 e. The van der Waals surface area contributed by atoms with E-state index in [1.54, 1.807) is 6.07 Å². The molecule has 234 valence electrons. The number of fused-ring (bicyclic) bond motifs is 9. The van der Waals surface area contributed by atoms with Crippen molar-refractivity contribution in [2.24, 2.45) is 0 Å². The number of rotatable bonds is 3. The van der Waals surface area contributed by atoms with Gasteiger partial charge in [0, 0.05) is 43.8 Å². The standard InChI is InChI=1S/C45H23N5O/c1-47-37-17-9-16-33-36-25-41-42(43(48-2)45(36)51-44(33)37)34-15-4-6-19-39(34)50(41)31-13-8-11-29(24-31)28-10-7-12-30(23-28)49-38-18-5-3-14-32(38)35-22-27(26-46)20-21-40(35)49/h3-25H. The minimum Gasteiger partial charge on any atom is -0.478 e. The van der Waals surface area contributed by atoms with Crippen LogP contribution in [0.3, 0.4) is 0 Å². The van der Waals surface area contributed by atoms with Gasteiger partial charge in [-0.25, -0.2) is 9.69 Å². The van der Waals surface area contributed by atoms with Gasteiger partial charge in [-0.05, 0) is 77.2 Å². The van der Waals surface area contributed by atoms with Crippen molar-refractivity contribution in [1.82, 2.24) is 9.13 Å². The van der Waals surface area contributed by atoms with Gasteiger partial charge < -0.3 is 13.6 Å². The first-order valence-electron chi connectivity index (χ1n) is 16.5. The molecule has 0 N–H and O–H groups in total. The third-order valence-electron chi connectivity index (χ3n) is 9.95. The van der Waals surface area contributed by atoms with Gasteiger partial charge in [-0.2, -0.15) is 5.26 Å². The quantitative estimate of drug-likeness (QED) is 0.179. The number of nitrogens with zero attached hydrogens (tertiary/aromatic N) is 5. The second kappa shape index (κ2) is 10.7. The van der Waals surface area contributed by atoms with E-state index in [4.69, 9.17) is 17.6 Å². The molecule has 51 heavy (non-hydrogen) atoms. The van der Waals surface area contributed by atoms with E-state index in [2.05, 4.69) is 104 Å². The second-order valence-corrected chi connectivity index (χ2v) is 12.6. The molecule has 10 rings (SSSR count). The number of benzene rings is 7. The van der Waals surface area contributed by atoms with Crippen LogP contribution in [-0.4, -0.2) is 9.13 Å². The van der Waals surface area contributed by atoms with Crippen LogP contribution in [-0.2, 0) is 0 Å². The number of hydrogen-bond donors (Lipinski definition) is 0. The van der Waals surface area contributed by atoms with Gasteiger partial charge in [-0.15, -0.1) is 0 Å². The van der Waals surface area contributed by atoms with Gasteiger partial charge in [0.15, 0.2) is 0 Å². The number of aromatic nitrogens is 2. The predicted molar refractivity (Wildman–Crippen MR) is 205 cm³/mol. The highest BCUT2D eigenvalue weighted by Gasteiger charge is 2.23. The summed E-state index contributed by atoms with van der Waals surface area (Å²) in [4.78, 5) is 7.71. The SMILES string of the molecule is [C-]#[N+]c1cccc2c1oc1c([N+]#[C-])c3c4ccccc4n(-c4cccc(-c5cccc(-n6c7ccccc7c7cc(C#N)ccc76)c5)c4)c3cc12. The Kier molecular flexibility index (Phi) is 5.97. The van der Waals surface area contributed by atoms with E-state index in [-0.39, 0.29) is 0 Å². The molecule has 0 atom stereocenters. The predicted octanol–water partition coefficient (Wildman–Crippen LogP) is 12.4. The minimum atomic E-state index is 0.430. The fourth-order valence-corrected chi connectivity index (χ4v) is 7.78. The Morgan fingerprint density at radius 1 is 0.510 bits per heavy atom. The van der Waals surface area contributed by atoms with Gasteiger partial charge >= 0.3 is 0 Å². The summed E-state index contributed by atoms with van der Waals surface area (Å²) >= 11 is 0. The molecule has 0 fully saturated rings. The lowest BCUT2D eigenvalue weighted by Gasteiger charge is -2.13. The summed E-state index contributed by atoms with van der Waals surface area (Å²) in [5, 5.41) is 15.2. The van der Waals surface area contributed by atoms with Crippen LogP contribution < -0.4 is 0 Å². The molecule has 0 saturated heterocycles. The largest absolute Gasteiger partial charge is 0.478 e. The Hall–Kier alpha value is -7.59. The maximum absolute atomic E-state index is 9.60. The molecule has 0 aliphatic carbocycles. The average Bonchev–Trinajstić information content (AvgIpc) is 3.84. The molecular formula is C45H23N5O. The molecule has 0 aliphatic heterocycles. The summed E-state index contributed by atoms with van der Waals surface area (Å²) in [6, 6.07) is 49.4. The van der Waals surface area contributed by atoms with Crippen molar-refractivity contribution in [3.63, 3.8) is 0 Å². The molecule has 0 saturated carbocycles. The van der Waals surface area contributed by atoms with Crippen molar-refractivity contribution in [2.45, 2.75) is 0 Å². The Labute approximate surface area is 291 Å². The third kappa shape index (κ3) is 4.01. The van der Waals surface area contributed by atoms with Gasteiger partial charge in [-0.1, -0.05) is 78.9 Å². The van der Waals surface area contributed by atoms with Crippen molar-refractivity contribution in [3.8, 4) is 28.6 Å². The summed E-state index contributed by atoms with van der Waals surface area (Å²) in [7, 11) is 0. The lowest BCUT2D eigenvalue weighted by Crippen LogP contribution is -1.96. The Balaban J connectivity index is 1.19. The molecule has 6 nitrogen and oxygen atoms in total. The molecular weight excluding hydrogens is 627 g/mol. The molecule has 0 radical (unpaired) electrons. The molecule has 7 aromatic carbocycles. The summed E-state index contributed by atoms with van der Waals surface area (Å²) in [5.41, 5.74) is 10.6. The highest BCUT2D eigenvalue weighted by atomic mass is 16.3. The molecule has 3 heterocycles. The number of nitriles is 1. The van der Waals surface area contributed by atoms with E-state index in [1.165, 1.54) is 0 Å². The zero-order valence-electron chi connectivity index (χ0n) is 26.9. The second-order valence-electron chi connectivity index (χ2n) is 12.6. The maximum atomic E-state index is 9.60. The van der Waals surface area contributed by atoms with E-state index in [9.17, 15) is 5.26 Å². The Morgan fingerprint density at radius 2 is 1.14 bits per heavy atom. The molecule has 0 bridgehead atoms. The van der Waals surface area contributed by atoms with Crippen LogP contribution in [0.2, 0.25) is 0 Å². The van der Waals surface area contributed by atoms with Crippen LogP contribution in [0.15, 0.2) is 144 Å². The van der Waals surface area contributed by atoms with Gasteiger partial charge in [0.25, 0.3) is 0 Å². The van der Waals surface area contributed by atoms with E-state index in [0.717, 1.165) is 76.9 Å². The van der Waals surface area contributed by atoms with Crippen molar-refractivity contribution in [3.05, 3.63) is 168 Å². The Morgan fingerprint density at radius 3 is 1.84 bits per heavy atom. The molecule has 0 aliphatic rings. The van der Waals surface area contributed by atoms with Gasteiger partial charge in [0.05, 0.1) is 41.3 Å². The highest BCUT2D eigenvalue weighted by molar-refractivity contribution is 6.25. The highest BCUT2D eigenvalue weighted by Crippen LogP contribution is 2.47. The van der Waals surface area contributed by atoms with E-state index in [0.29, 0.717) is 28.1 Å². The van der Waals surface area contributed by atoms with Crippen LogP contribution in [0, 0.1) is 24.5 Å². The van der Waals surface area contributed by atoms with Gasteiger partial charge in [0.2, 0.25) is 11.4 Å². The zero-order chi connectivity index (χ0) is 34.2. The number of para-hydroxylation sites is 3. The molecule has 0 unspecified atom stereocenters. The van der Waals surface area contributed by atoms with Gasteiger partial charge in [-0.3, -0.25) is 0 Å². The fraction of sp³-hybridized carbons (Fsp3) is 0. The molecule has 3 aromatic heterocycles. The van der Waals surface area contributed by atoms with E-state index < -0.39 is 0 Å². The minimum absolute atomic E-state index is 0.430. The summed E-state index contributed by atoms with van der Waals surface area (Å²) in [6.45, 7) is 16.0. The summed E-state index contributed by atoms with van der Waals surface area (Å²) < 4.78 is 10.8. The van der Waals surface area contributed by atoms with Crippen LogP contribution in [0.25, 0.3) is 97.7 Å². The number of furan rings is 1. The topological polar surface area (TPSA) is 55.5 Å². The van der Waals surface area contributed by atoms with Crippen LogP contribution in [0.1, 0.15) is 5.56 Å². The first kappa shape index (κ1) is 28.4. The lowest BCUT2D eigenvalue weighted by molar-refractivity contribution is 0.673. The van der Waals surface area contributed by atoms with E-state index in [1.807, 2.05) is 54.6 Å². The maximum Gasteiger partial charge on any atom is 0.239 e. The van der Waals surface area contributed by atoms with E-state index >= 15 is 0 Å². The zero-order valence-corrected chi connectivity index (χ0v) is 26.9. The lowest BCUT2D eigenvalue weighted by atomic mass is 10.0. The van der Waals surface area contributed by atoms with Crippen LogP contribution >= 0.6 is 0 Å². The fourth-order valence-electron chi connectivity index (χ4n) is 7.78. The monoisotopic (exact) mass is 649 g/mol. The molecule has 10 aromatic rings. The van der Waals surface area contributed by atoms with Crippen LogP contribution in [0.5, 0.6) is 0 Å². The first-order chi connectivity index (χ1) is 25.2. The van der Waals surface area contributed by atoms with Crippen molar-refractivity contribution >= 4 is 76.9 Å². The van der Waals surface area contributed by atoms with Crippen molar-refractivity contribution in [1.29, 1.82) is 5.26 Å². The normalized spacial score (nSPS) is 11.5. The Bertz CT molecular complexity index is 3240. The van der Waals surface area contributed by atoms with Crippen LogP contribution in [0.4, 0.5) is 11.4 Å². The molecule has 6 heteroatoms. The number of hydrogen-bond acceptors (Lipinski definition) is 2. The molecule has 0 spiro atoms. The van der Waals surface area contributed by atoms with Crippen molar-refractivity contribution < 1.29 is 4.42 Å². The third-order valence-corrected chi connectivity index (χ3v) is 9.95. The van der Waals surface area contributed by atoms with Crippen molar-refractivity contribution in [2.75, 3.05) is 0 Å². The molecule has 0 amide bonds. The summed E-state index contributed by atoms with van der Waals surface area (Å²) in [6.07, 6.45) is 0. The summed E-state index contributed by atoms with van der Waals surface area (Å²) in [5.74, 6) is 0. The average molecular weight is 650 g/mol. The van der Waals surface area contributed by atoms with Gasteiger partial charge in [0.1, 0.15) is 11.2 Å². The first-order valence-corrected chi connectivity index (χ1v) is 16.5.